The van der Waals surface area contributed by atoms with Gasteiger partial charge in [-0.05, 0) is 29.9 Å². The van der Waals surface area contributed by atoms with Crippen LogP contribution in [0.25, 0.3) is 0 Å². The van der Waals surface area contributed by atoms with Gasteiger partial charge in [0.2, 0.25) is 0 Å². The van der Waals surface area contributed by atoms with Crippen molar-refractivity contribution in [2.45, 2.75) is 13.8 Å². The number of rotatable bonds is 8. The number of methoxy groups -OCH3 is 1. The number of dihydropyridines is 2. The van der Waals surface area contributed by atoms with Crippen molar-refractivity contribution in [1.29, 1.82) is 10.8 Å². The van der Waals surface area contributed by atoms with E-state index in [0.717, 1.165) is 22.5 Å². The molecule has 0 spiro atoms. The summed E-state index contributed by atoms with van der Waals surface area (Å²) in [5.74, 6) is 0.824. The summed E-state index contributed by atoms with van der Waals surface area (Å²) in [7, 11) is 3.32. The van der Waals surface area contributed by atoms with Crippen LogP contribution >= 0.6 is 0 Å². The standard InChI is InChI=1S/C21H29N7O/c1-21(2,13-29-4)16(10-23)8-19(24)28-20-6-5-17-18(27-20)7-14(12-26-17)15(9-22)11-25-3/h5-12,23,26-27H,13,22H2,1-4H3,(H2,24,28). The van der Waals surface area contributed by atoms with Crippen molar-refractivity contribution in [1.82, 2.24) is 16.0 Å². The first-order chi connectivity index (χ1) is 13.8. The third kappa shape index (κ3) is 5.55. The molecule has 0 radical (unpaired) electrons. The van der Waals surface area contributed by atoms with E-state index in [1.54, 1.807) is 26.4 Å². The molecule has 0 atom stereocenters. The molecule has 2 aliphatic rings. The molecule has 0 aromatic heterocycles. The quantitative estimate of drug-likeness (QED) is 0.277. The Hall–Kier alpha value is -3.39. The molecule has 0 aromatic carbocycles. The Morgan fingerprint density at radius 1 is 1.34 bits per heavy atom. The van der Waals surface area contributed by atoms with Gasteiger partial charge in [-0.1, -0.05) is 13.8 Å². The molecule has 154 valence electrons. The second-order valence-corrected chi connectivity index (χ2v) is 7.20. The fourth-order valence-electron chi connectivity index (χ4n) is 2.91. The fraction of sp³-hybridized carbons (Fsp3) is 0.286. The van der Waals surface area contributed by atoms with Crippen LogP contribution in [0.3, 0.4) is 0 Å². The molecule has 0 unspecified atom stereocenters. The minimum Gasteiger partial charge on any atom is -0.404 e. The van der Waals surface area contributed by atoms with Crippen molar-refractivity contribution < 1.29 is 4.74 Å². The lowest BCUT2D eigenvalue weighted by atomic mass is 9.85. The van der Waals surface area contributed by atoms with Crippen LogP contribution in [-0.2, 0) is 4.74 Å². The van der Waals surface area contributed by atoms with Crippen LogP contribution in [0.1, 0.15) is 13.8 Å². The Morgan fingerprint density at radius 3 is 2.72 bits per heavy atom. The van der Waals surface area contributed by atoms with Crippen LogP contribution in [0, 0.1) is 16.2 Å². The molecule has 2 heterocycles. The van der Waals surface area contributed by atoms with Crippen LogP contribution in [-0.4, -0.2) is 39.0 Å². The Labute approximate surface area is 171 Å². The van der Waals surface area contributed by atoms with Gasteiger partial charge in [0.15, 0.2) is 0 Å². The number of hydrogen-bond acceptors (Lipinski definition) is 7. The summed E-state index contributed by atoms with van der Waals surface area (Å²) >= 11 is 0. The maximum atomic E-state index is 8.27. The normalized spacial score (nSPS) is 17.2. The number of nitrogens with one attached hydrogen (secondary N) is 5. The smallest absolute Gasteiger partial charge is 0.123 e. The van der Waals surface area contributed by atoms with Gasteiger partial charge in [-0.3, -0.25) is 10.4 Å². The first-order valence-electron chi connectivity index (χ1n) is 9.14. The van der Waals surface area contributed by atoms with Gasteiger partial charge in [-0.25, -0.2) is 0 Å². The first kappa shape index (κ1) is 21.9. The average molecular weight is 396 g/mol. The van der Waals surface area contributed by atoms with Crippen molar-refractivity contribution in [3.05, 3.63) is 70.6 Å². The van der Waals surface area contributed by atoms with Gasteiger partial charge in [0.1, 0.15) is 11.7 Å². The summed E-state index contributed by atoms with van der Waals surface area (Å²) in [4.78, 5) is 4.02. The maximum absolute atomic E-state index is 8.27. The summed E-state index contributed by atoms with van der Waals surface area (Å²) in [5.41, 5.74) is 9.47. The van der Waals surface area contributed by atoms with Crippen LogP contribution < -0.4 is 21.7 Å². The van der Waals surface area contributed by atoms with Gasteiger partial charge in [0, 0.05) is 55.5 Å². The van der Waals surface area contributed by atoms with Gasteiger partial charge >= 0.3 is 0 Å². The predicted molar refractivity (Wildman–Crippen MR) is 119 cm³/mol. The molecule has 2 rings (SSSR count). The Bertz CT molecular complexity index is 883. The zero-order valence-electron chi connectivity index (χ0n) is 17.3. The van der Waals surface area contributed by atoms with E-state index in [1.807, 2.05) is 38.3 Å². The van der Waals surface area contributed by atoms with E-state index in [-0.39, 0.29) is 11.3 Å². The Morgan fingerprint density at radius 2 is 2.10 bits per heavy atom. The number of hydrogen-bond donors (Lipinski definition) is 6. The second-order valence-electron chi connectivity index (χ2n) is 7.20. The van der Waals surface area contributed by atoms with Crippen molar-refractivity contribution in [3.63, 3.8) is 0 Å². The predicted octanol–water partition coefficient (Wildman–Crippen LogP) is 2.04. The van der Waals surface area contributed by atoms with Gasteiger partial charge < -0.3 is 31.8 Å². The molecular formula is C21H29N7O. The highest BCUT2D eigenvalue weighted by Crippen LogP contribution is 2.25. The van der Waals surface area contributed by atoms with Crippen molar-refractivity contribution in [3.8, 4) is 0 Å². The Balaban J connectivity index is 2.14. The summed E-state index contributed by atoms with van der Waals surface area (Å²) < 4.78 is 5.23. The molecule has 0 aliphatic carbocycles. The third-order valence-electron chi connectivity index (χ3n) is 4.45. The number of fused-ring (bicyclic) bond motifs is 1. The van der Waals surface area contributed by atoms with E-state index < -0.39 is 0 Å². The van der Waals surface area contributed by atoms with Gasteiger partial charge in [-0.2, -0.15) is 0 Å². The number of nitrogens with zero attached hydrogens (tertiary/aromatic N) is 1. The van der Waals surface area contributed by atoms with E-state index in [2.05, 4.69) is 20.9 Å². The van der Waals surface area contributed by atoms with Crippen LogP contribution in [0.15, 0.2) is 75.6 Å². The lowest BCUT2D eigenvalue weighted by molar-refractivity contribution is 0.129. The molecule has 2 aliphatic heterocycles. The fourth-order valence-corrected chi connectivity index (χ4v) is 2.91. The van der Waals surface area contributed by atoms with Crippen LogP contribution in [0.4, 0.5) is 0 Å². The minimum absolute atomic E-state index is 0.170. The van der Waals surface area contributed by atoms with E-state index >= 15 is 0 Å². The summed E-state index contributed by atoms with van der Waals surface area (Å²) in [5, 5.41) is 25.5. The van der Waals surface area contributed by atoms with Gasteiger partial charge in [0.05, 0.1) is 18.0 Å². The summed E-state index contributed by atoms with van der Waals surface area (Å²) in [6, 6.07) is 0. The van der Waals surface area contributed by atoms with Gasteiger partial charge in [0.25, 0.3) is 0 Å². The van der Waals surface area contributed by atoms with Crippen molar-refractivity contribution in [2.24, 2.45) is 16.1 Å². The minimum atomic E-state index is -0.368. The van der Waals surface area contributed by atoms with Crippen molar-refractivity contribution >= 4 is 18.3 Å². The molecule has 0 bridgehead atoms. The lowest BCUT2D eigenvalue weighted by Gasteiger charge is -2.26. The molecular weight excluding hydrogens is 366 g/mol. The largest absolute Gasteiger partial charge is 0.404 e. The number of allylic oxidation sites excluding steroid dienone is 5. The van der Waals surface area contributed by atoms with Crippen molar-refractivity contribution in [2.75, 3.05) is 20.8 Å². The van der Waals surface area contributed by atoms with E-state index in [0.29, 0.717) is 18.0 Å². The second kappa shape index (κ2) is 9.70. The van der Waals surface area contributed by atoms with Crippen LogP contribution in [0.2, 0.25) is 0 Å². The molecule has 8 heteroatoms. The number of ether oxygens (including phenoxy) is 1. The highest BCUT2D eigenvalue weighted by molar-refractivity contribution is 5.97. The number of aliphatic imine (C=N–C) groups is 1. The summed E-state index contributed by atoms with van der Waals surface area (Å²) in [6.07, 6.45) is 13.7. The molecule has 7 N–H and O–H groups in total. The topological polar surface area (TPSA) is 131 Å². The molecule has 29 heavy (non-hydrogen) atoms. The SMILES string of the molecule is CN=CC(=CN)C1=CNC2=CC=C(NC(=N)C=C(C=N)C(C)(C)COC)NC2=C1. The van der Waals surface area contributed by atoms with Gasteiger partial charge in [-0.15, -0.1) is 0 Å². The lowest BCUT2D eigenvalue weighted by Crippen LogP contribution is -2.35. The monoisotopic (exact) mass is 395 g/mol. The highest BCUT2D eigenvalue weighted by atomic mass is 16.5. The average Bonchev–Trinajstić information content (AvgIpc) is 2.69. The summed E-state index contributed by atoms with van der Waals surface area (Å²) in [6.45, 7) is 4.41. The first-order valence-corrected chi connectivity index (χ1v) is 9.14. The zero-order valence-corrected chi connectivity index (χ0v) is 17.3. The Kier molecular flexibility index (Phi) is 7.33. The molecule has 0 amide bonds. The van der Waals surface area contributed by atoms with E-state index in [9.17, 15) is 0 Å². The number of nitrogens with two attached hydrogens (primary N) is 1. The zero-order chi connectivity index (χ0) is 21.4. The van der Waals surface area contributed by atoms with Crippen LogP contribution in [0.5, 0.6) is 0 Å². The maximum Gasteiger partial charge on any atom is 0.123 e. The molecule has 8 nitrogen and oxygen atoms in total. The number of amidine groups is 1. The van der Waals surface area contributed by atoms with E-state index in [1.165, 1.54) is 12.4 Å². The molecule has 0 aromatic rings. The highest BCUT2D eigenvalue weighted by Gasteiger charge is 2.23. The molecule has 0 saturated heterocycles. The molecule has 0 saturated carbocycles. The third-order valence-corrected chi connectivity index (χ3v) is 4.45. The molecule has 0 fully saturated rings. The van der Waals surface area contributed by atoms with E-state index in [4.69, 9.17) is 21.3 Å².